The highest BCUT2D eigenvalue weighted by molar-refractivity contribution is 6.30. The monoisotopic (exact) mass is 519 g/mol. The van der Waals surface area contributed by atoms with Crippen LogP contribution in [0.25, 0.3) is 0 Å². The Bertz CT molecular complexity index is 1170. The van der Waals surface area contributed by atoms with Crippen LogP contribution >= 0.6 is 11.6 Å². The minimum absolute atomic E-state index is 0.0225. The number of carbonyl (C=O) groups excluding carboxylic acids is 2. The molecule has 194 valence electrons. The predicted molar refractivity (Wildman–Crippen MR) is 147 cm³/mol. The Kier molecular flexibility index (Phi) is 9.97. The Hall–Kier alpha value is -3.35. The lowest BCUT2D eigenvalue weighted by molar-refractivity contribution is -0.122. The zero-order valence-corrected chi connectivity index (χ0v) is 21.8. The first-order valence-electron chi connectivity index (χ1n) is 12.9. The van der Waals surface area contributed by atoms with Crippen molar-refractivity contribution >= 4 is 23.4 Å². The highest BCUT2D eigenvalue weighted by atomic mass is 35.5. The molecule has 1 aliphatic rings. The van der Waals surface area contributed by atoms with Crippen molar-refractivity contribution in [1.82, 2.24) is 15.5 Å². The summed E-state index contributed by atoms with van der Waals surface area (Å²) in [5.74, 6) is 0.584. The number of carbonyl (C=O) groups is 2. The topological polar surface area (TPSA) is 70.7 Å². The summed E-state index contributed by atoms with van der Waals surface area (Å²) in [7, 11) is 0. The largest absolute Gasteiger partial charge is 0.493 e. The molecule has 1 heterocycles. The second kappa shape index (κ2) is 13.8. The van der Waals surface area contributed by atoms with E-state index >= 15 is 0 Å². The second-order valence-electron chi connectivity index (χ2n) is 9.34. The Morgan fingerprint density at radius 3 is 2.57 bits per heavy atom. The molecule has 0 saturated heterocycles. The second-order valence-corrected chi connectivity index (χ2v) is 9.78. The van der Waals surface area contributed by atoms with Gasteiger partial charge in [-0.3, -0.25) is 14.5 Å². The summed E-state index contributed by atoms with van der Waals surface area (Å²) < 4.78 is 6.18. The fourth-order valence-electron chi connectivity index (χ4n) is 4.36. The van der Waals surface area contributed by atoms with Crippen LogP contribution in [-0.4, -0.2) is 43.0 Å². The van der Waals surface area contributed by atoms with E-state index in [9.17, 15) is 9.59 Å². The van der Waals surface area contributed by atoms with Crippen LogP contribution in [0.2, 0.25) is 5.02 Å². The Labute approximate surface area is 224 Å². The molecule has 6 nitrogen and oxygen atoms in total. The van der Waals surface area contributed by atoms with Gasteiger partial charge in [-0.1, -0.05) is 60.1 Å². The van der Waals surface area contributed by atoms with Crippen molar-refractivity contribution in [3.8, 4) is 5.75 Å². The van der Waals surface area contributed by atoms with Crippen molar-refractivity contribution < 1.29 is 14.3 Å². The lowest BCUT2D eigenvalue weighted by atomic mass is 10.1. The van der Waals surface area contributed by atoms with Crippen molar-refractivity contribution in [3.05, 3.63) is 100 Å². The Morgan fingerprint density at radius 1 is 0.946 bits per heavy atom. The normalized spacial score (nSPS) is 15.2. The summed E-state index contributed by atoms with van der Waals surface area (Å²) in [6, 6.07) is 23.4. The molecule has 2 amide bonds. The zero-order chi connectivity index (χ0) is 25.9. The van der Waals surface area contributed by atoms with Crippen LogP contribution in [0.5, 0.6) is 5.75 Å². The van der Waals surface area contributed by atoms with Crippen molar-refractivity contribution in [1.29, 1.82) is 0 Å². The third-order valence-corrected chi connectivity index (χ3v) is 6.60. The number of amides is 2. The lowest BCUT2D eigenvalue weighted by Gasteiger charge is -2.23. The third-order valence-electron chi connectivity index (χ3n) is 6.35. The van der Waals surface area contributed by atoms with E-state index in [1.807, 2.05) is 60.7 Å². The molecule has 3 aromatic rings. The summed E-state index contributed by atoms with van der Waals surface area (Å²) in [6.07, 6.45) is 3.49. The van der Waals surface area contributed by atoms with Gasteiger partial charge in [-0.15, -0.1) is 0 Å². The van der Waals surface area contributed by atoms with Gasteiger partial charge >= 0.3 is 0 Å². The molecule has 1 aliphatic heterocycles. The van der Waals surface area contributed by atoms with Gasteiger partial charge in [-0.05, 0) is 61.1 Å². The van der Waals surface area contributed by atoms with E-state index in [0.717, 1.165) is 42.4 Å². The standard InChI is InChI=1S/C30H34ClN3O3/c31-27-13-9-23(10-14-27)15-17-33-30(36)25-11-12-26-21-34(20-24-7-3-1-4-8-24)22-29(35)32-16-5-2-6-18-37-28(26)19-25/h1,3-4,7-14,19H,2,5-6,15-18,20-22H2,(H,32,35)(H,33,36). The van der Waals surface area contributed by atoms with E-state index in [1.54, 1.807) is 0 Å². The molecule has 4 rings (SSSR count). The maximum Gasteiger partial charge on any atom is 0.251 e. The number of ether oxygens (including phenoxy) is 1. The highest BCUT2D eigenvalue weighted by Gasteiger charge is 2.17. The van der Waals surface area contributed by atoms with Crippen LogP contribution in [0.15, 0.2) is 72.8 Å². The summed E-state index contributed by atoms with van der Waals surface area (Å²) >= 11 is 5.95. The van der Waals surface area contributed by atoms with E-state index in [0.29, 0.717) is 55.7 Å². The predicted octanol–water partition coefficient (Wildman–Crippen LogP) is 4.99. The minimum atomic E-state index is -0.135. The highest BCUT2D eigenvalue weighted by Crippen LogP contribution is 2.24. The molecular formula is C30H34ClN3O3. The quantitative estimate of drug-likeness (QED) is 0.481. The first kappa shape index (κ1) is 26.7. The van der Waals surface area contributed by atoms with Crippen molar-refractivity contribution in [2.45, 2.75) is 38.8 Å². The van der Waals surface area contributed by atoms with E-state index in [1.165, 1.54) is 0 Å². The van der Waals surface area contributed by atoms with Crippen LogP contribution in [0.4, 0.5) is 0 Å². The van der Waals surface area contributed by atoms with E-state index in [-0.39, 0.29) is 11.8 Å². The molecule has 0 radical (unpaired) electrons. The summed E-state index contributed by atoms with van der Waals surface area (Å²) in [5.41, 5.74) is 3.77. The molecule has 0 saturated carbocycles. The maximum absolute atomic E-state index is 12.9. The first-order valence-corrected chi connectivity index (χ1v) is 13.3. The zero-order valence-electron chi connectivity index (χ0n) is 21.0. The molecule has 3 aromatic carbocycles. The lowest BCUT2D eigenvalue weighted by Crippen LogP contribution is -2.37. The maximum atomic E-state index is 12.9. The van der Waals surface area contributed by atoms with Gasteiger partial charge in [0.15, 0.2) is 0 Å². The van der Waals surface area contributed by atoms with Gasteiger partial charge in [0.2, 0.25) is 5.91 Å². The number of halogens is 1. The van der Waals surface area contributed by atoms with Gasteiger partial charge in [0.05, 0.1) is 13.2 Å². The van der Waals surface area contributed by atoms with E-state index in [2.05, 4.69) is 27.7 Å². The molecule has 0 bridgehead atoms. The Morgan fingerprint density at radius 2 is 1.76 bits per heavy atom. The smallest absolute Gasteiger partial charge is 0.251 e. The number of hydrogen-bond donors (Lipinski definition) is 2. The number of fused-ring (bicyclic) bond motifs is 1. The molecule has 0 aromatic heterocycles. The molecule has 7 heteroatoms. The number of rotatable bonds is 6. The fraction of sp³-hybridized carbons (Fsp3) is 0.333. The molecule has 0 spiro atoms. The van der Waals surface area contributed by atoms with Gasteiger partial charge in [0.1, 0.15) is 5.75 Å². The third kappa shape index (κ3) is 8.62. The van der Waals surface area contributed by atoms with E-state index in [4.69, 9.17) is 16.3 Å². The number of nitrogens with one attached hydrogen (secondary N) is 2. The SMILES string of the molecule is O=C1CN(Cc2ccccc2)Cc2ccc(C(=O)NCCc3ccc(Cl)cc3)cc2OCCCCCN1. The van der Waals surface area contributed by atoms with Crippen molar-refractivity contribution in [2.75, 3.05) is 26.2 Å². The van der Waals surface area contributed by atoms with Gasteiger partial charge in [-0.2, -0.15) is 0 Å². The number of nitrogens with zero attached hydrogens (tertiary/aromatic N) is 1. The average molecular weight is 520 g/mol. The Balaban J connectivity index is 1.47. The number of hydrogen-bond acceptors (Lipinski definition) is 4. The van der Waals surface area contributed by atoms with Crippen LogP contribution < -0.4 is 15.4 Å². The molecule has 0 fully saturated rings. The minimum Gasteiger partial charge on any atom is -0.493 e. The van der Waals surface area contributed by atoms with Gasteiger partial charge in [-0.25, -0.2) is 0 Å². The first-order chi connectivity index (χ1) is 18.1. The molecule has 37 heavy (non-hydrogen) atoms. The molecule has 2 N–H and O–H groups in total. The molecule has 0 unspecified atom stereocenters. The fourth-order valence-corrected chi connectivity index (χ4v) is 4.48. The summed E-state index contributed by atoms with van der Waals surface area (Å²) in [4.78, 5) is 27.6. The van der Waals surface area contributed by atoms with Crippen LogP contribution in [0.1, 0.15) is 46.3 Å². The summed E-state index contributed by atoms with van der Waals surface area (Å²) in [6.45, 7) is 3.24. The van der Waals surface area contributed by atoms with E-state index < -0.39 is 0 Å². The van der Waals surface area contributed by atoms with Gasteiger partial charge < -0.3 is 15.4 Å². The molecule has 0 atom stereocenters. The molecular weight excluding hydrogens is 486 g/mol. The molecule has 0 aliphatic carbocycles. The number of benzene rings is 3. The van der Waals surface area contributed by atoms with Crippen LogP contribution in [-0.2, 0) is 24.3 Å². The average Bonchev–Trinajstić information content (AvgIpc) is 2.91. The van der Waals surface area contributed by atoms with Gasteiger partial charge in [0.25, 0.3) is 5.91 Å². The van der Waals surface area contributed by atoms with Crippen LogP contribution in [0.3, 0.4) is 0 Å². The van der Waals surface area contributed by atoms with Crippen molar-refractivity contribution in [3.63, 3.8) is 0 Å². The van der Waals surface area contributed by atoms with Crippen LogP contribution in [0, 0.1) is 0 Å². The van der Waals surface area contributed by atoms with Gasteiger partial charge in [0, 0.05) is 42.3 Å². The summed E-state index contributed by atoms with van der Waals surface area (Å²) in [5, 5.41) is 6.74. The van der Waals surface area contributed by atoms with Crippen molar-refractivity contribution in [2.24, 2.45) is 0 Å².